The lowest BCUT2D eigenvalue weighted by Crippen LogP contribution is -2.28. The molecule has 0 atom stereocenters. The number of carbonyl (C=O) groups is 4. The van der Waals surface area contributed by atoms with Gasteiger partial charge in [0, 0.05) is 65.8 Å². The van der Waals surface area contributed by atoms with E-state index in [0.29, 0.717) is 24.5 Å². The summed E-state index contributed by atoms with van der Waals surface area (Å²) in [6.07, 6.45) is 4.22. The first-order valence-corrected chi connectivity index (χ1v) is 9.40. The Bertz CT molecular complexity index is 925. The molecule has 0 aliphatic rings. The lowest BCUT2D eigenvalue weighted by molar-refractivity contribution is -0.118. The Morgan fingerprint density at radius 2 is 1.72 bits per heavy atom. The number of nitrogens with zero attached hydrogens (tertiary/aromatic N) is 3. The molecule has 0 aliphatic carbocycles. The van der Waals surface area contributed by atoms with Crippen LogP contribution in [0.5, 0.6) is 0 Å². The van der Waals surface area contributed by atoms with Crippen molar-refractivity contribution in [2.24, 2.45) is 14.1 Å². The van der Waals surface area contributed by atoms with E-state index in [1.165, 1.54) is 13.8 Å². The van der Waals surface area contributed by atoms with E-state index < -0.39 is 0 Å². The van der Waals surface area contributed by atoms with Crippen LogP contribution in [-0.2, 0) is 30.1 Å². The molecule has 156 valence electrons. The maximum absolute atomic E-state index is 12.3. The maximum Gasteiger partial charge on any atom is 0.287 e. The molecular weight excluding hydrogens is 374 g/mol. The summed E-state index contributed by atoms with van der Waals surface area (Å²) in [5.74, 6) is 0.348. The van der Waals surface area contributed by atoms with E-state index in [1.807, 2.05) is 0 Å². The van der Waals surface area contributed by atoms with Crippen molar-refractivity contribution in [1.29, 1.82) is 0 Å². The molecule has 2 heterocycles. The highest BCUT2D eigenvalue weighted by Crippen LogP contribution is 2.10. The van der Waals surface area contributed by atoms with Crippen LogP contribution in [0.25, 0.3) is 0 Å². The summed E-state index contributed by atoms with van der Waals surface area (Å²) in [7, 11) is 3.46. The first-order valence-electron chi connectivity index (χ1n) is 9.40. The Hall–Kier alpha value is -3.23. The van der Waals surface area contributed by atoms with Crippen molar-refractivity contribution in [3.8, 4) is 0 Å². The van der Waals surface area contributed by atoms with Crippen LogP contribution in [0.2, 0.25) is 0 Å². The fourth-order valence-corrected chi connectivity index (χ4v) is 2.92. The van der Waals surface area contributed by atoms with Gasteiger partial charge < -0.3 is 19.8 Å². The van der Waals surface area contributed by atoms with Gasteiger partial charge in [-0.25, -0.2) is 4.98 Å². The van der Waals surface area contributed by atoms with E-state index in [4.69, 9.17) is 0 Å². The first kappa shape index (κ1) is 22.1. The Kier molecular flexibility index (Phi) is 7.46. The van der Waals surface area contributed by atoms with Gasteiger partial charge in [0.1, 0.15) is 17.4 Å². The number of aryl methyl sites for hydroxylation is 2. The summed E-state index contributed by atoms with van der Waals surface area (Å²) in [6.45, 7) is 3.65. The lowest BCUT2D eigenvalue weighted by Gasteiger charge is -2.04. The smallest absolute Gasteiger partial charge is 0.287 e. The largest absolute Gasteiger partial charge is 0.368 e. The number of anilines is 1. The zero-order valence-electron chi connectivity index (χ0n) is 17.2. The SMILES string of the molecule is CC(=O)CCNc1cn(C)c(C(=O)NCCC(=O)Cc2cc(C(C)=O)n(C)c2)n1. The van der Waals surface area contributed by atoms with E-state index in [9.17, 15) is 19.2 Å². The van der Waals surface area contributed by atoms with Gasteiger partial charge in [0.2, 0.25) is 5.82 Å². The van der Waals surface area contributed by atoms with E-state index in [-0.39, 0.29) is 48.5 Å². The van der Waals surface area contributed by atoms with Crippen molar-refractivity contribution in [1.82, 2.24) is 19.4 Å². The van der Waals surface area contributed by atoms with Crippen molar-refractivity contribution in [2.75, 3.05) is 18.4 Å². The number of rotatable bonds is 11. The number of hydrogen-bond acceptors (Lipinski definition) is 6. The molecule has 0 spiro atoms. The number of imidazole rings is 1. The number of hydrogen-bond donors (Lipinski definition) is 2. The van der Waals surface area contributed by atoms with Crippen LogP contribution < -0.4 is 10.6 Å². The molecule has 2 aromatic rings. The van der Waals surface area contributed by atoms with Crippen molar-refractivity contribution < 1.29 is 19.2 Å². The molecular formula is C20H27N5O4. The molecule has 0 aliphatic heterocycles. The van der Waals surface area contributed by atoms with Crippen molar-refractivity contribution in [3.63, 3.8) is 0 Å². The molecule has 0 saturated carbocycles. The molecule has 0 bridgehead atoms. The van der Waals surface area contributed by atoms with Gasteiger partial charge in [0.05, 0.1) is 5.69 Å². The molecule has 2 N–H and O–H groups in total. The highest BCUT2D eigenvalue weighted by atomic mass is 16.2. The Balaban J connectivity index is 1.81. The minimum absolute atomic E-state index is 0.0302. The maximum atomic E-state index is 12.3. The lowest BCUT2D eigenvalue weighted by atomic mass is 10.1. The number of aromatic nitrogens is 3. The summed E-state index contributed by atoms with van der Waals surface area (Å²) < 4.78 is 3.29. The van der Waals surface area contributed by atoms with Gasteiger partial charge in [-0.15, -0.1) is 0 Å². The van der Waals surface area contributed by atoms with Gasteiger partial charge in [-0.05, 0) is 18.6 Å². The zero-order chi connectivity index (χ0) is 21.6. The average Bonchev–Trinajstić information content (AvgIpc) is 3.17. The molecule has 0 fully saturated rings. The number of ketones is 3. The van der Waals surface area contributed by atoms with Crippen molar-refractivity contribution in [2.45, 2.75) is 33.1 Å². The van der Waals surface area contributed by atoms with Crippen LogP contribution in [0.1, 0.15) is 53.4 Å². The quantitative estimate of drug-likeness (QED) is 0.548. The molecule has 0 radical (unpaired) electrons. The third-order valence-electron chi connectivity index (χ3n) is 4.38. The van der Waals surface area contributed by atoms with Crippen LogP contribution in [-0.4, -0.2) is 50.5 Å². The van der Waals surface area contributed by atoms with E-state index in [1.54, 1.807) is 41.7 Å². The van der Waals surface area contributed by atoms with E-state index in [2.05, 4.69) is 15.6 Å². The van der Waals surface area contributed by atoms with Gasteiger partial charge in [-0.2, -0.15) is 0 Å². The van der Waals surface area contributed by atoms with Gasteiger partial charge >= 0.3 is 0 Å². The molecule has 2 aromatic heterocycles. The Labute approximate surface area is 169 Å². The number of amides is 1. The summed E-state index contributed by atoms with van der Waals surface area (Å²) in [5, 5.41) is 5.69. The first-order chi connectivity index (χ1) is 13.7. The van der Waals surface area contributed by atoms with Crippen LogP contribution in [0.3, 0.4) is 0 Å². The van der Waals surface area contributed by atoms with Gasteiger partial charge in [0.25, 0.3) is 5.91 Å². The highest BCUT2D eigenvalue weighted by Gasteiger charge is 2.15. The minimum atomic E-state index is -0.376. The molecule has 9 heteroatoms. The molecule has 0 saturated heterocycles. The van der Waals surface area contributed by atoms with Gasteiger partial charge in [0.15, 0.2) is 5.78 Å². The second kappa shape index (κ2) is 9.81. The third kappa shape index (κ3) is 6.41. The molecule has 9 nitrogen and oxygen atoms in total. The normalized spacial score (nSPS) is 10.6. The van der Waals surface area contributed by atoms with Gasteiger partial charge in [-0.3, -0.25) is 19.2 Å². The highest BCUT2D eigenvalue weighted by molar-refractivity contribution is 5.93. The summed E-state index contributed by atoms with van der Waals surface area (Å²) >= 11 is 0. The fraction of sp³-hybridized carbons (Fsp3) is 0.450. The summed E-state index contributed by atoms with van der Waals surface area (Å²) in [5.41, 5.74) is 1.34. The predicted molar refractivity (Wildman–Crippen MR) is 108 cm³/mol. The second-order valence-electron chi connectivity index (χ2n) is 7.06. The minimum Gasteiger partial charge on any atom is -0.368 e. The molecule has 0 unspecified atom stereocenters. The van der Waals surface area contributed by atoms with Crippen LogP contribution in [0, 0.1) is 0 Å². The monoisotopic (exact) mass is 401 g/mol. The van der Waals surface area contributed by atoms with Crippen molar-refractivity contribution in [3.05, 3.63) is 35.5 Å². The van der Waals surface area contributed by atoms with E-state index in [0.717, 1.165) is 5.56 Å². The summed E-state index contributed by atoms with van der Waals surface area (Å²) in [4.78, 5) is 51.1. The van der Waals surface area contributed by atoms with Gasteiger partial charge in [-0.1, -0.05) is 0 Å². The van der Waals surface area contributed by atoms with E-state index >= 15 is 0 Å². The fourth-order valence-electron chi connectivity index (χ4n) is 2.92. The van der Waals surface area contributed by atoms with Crippen LogP contribution in [0.15, 0.2) is 18.5 Å². The van der Waals surface area contributed by atoms with Crippen LogP contribution in [0.4, 0.5) is 5.82 Å². The predicted octanol–water partition coefficient (Wildman–Crippen LogP) is 1.28. The Morgan fingerprint density at radius 3 is 2.34 bits per heavy atom. The van der Waals surface area contributed by atoms with Crippen molar-refractivity contribution >= 4 is 29.1 Å². The second-order valence-corrected chi connectivity index (χ2v) is 7.06. The average molecular weight is 401 g/mol. The molecule has 29 heavy (non-hydrogen) atoms. The topological polar surface area (TPSA) is 115 Å². The third-order valence-corrected chi connectivity index (χ3v) is 4.38. The number of Topliss-reactive ketones (excluding diaryl/α,β-unsaturated/α-hetero) is 3. The molecule has 0 aromatic carbocycles. The number of carbonyl (C=O) groups excluding carboxylic acids is 4. The molecule has 1 amide bonds. The summed E-state index contributed by atoms with van der Waals surface area (Å²) in [6, 6.07) is 1.72. The Morgan fingerprint density at radius 1 is 1.00 bits per heavy atom. The zero-order valence-corrected chi connectivity index (χ0v) is 17.2. The number of nitrogens with one attached hydrogen (secondary N) is 2. The van der Waals surface area contributed by atoms with Crippen LogP contribution >= 0.6 is 0 Å². The standard InChI is InChI=1S/C20H27N5O4/c1-13(26)5-7-21-18-12-25(4)19(23-18)20(29)22-8-6-16(28)9-15-10-17(14(2)27)24(3)11-15/h10-12,21H,5-9H2,1-4H3,(H,22,29). The molecule has 2 rings (SSSR count).